The Morgan fingerprint density at radius 1 is 1.19 bits per heavy atom. The zero-order valence-electron chi connectivity index (χ0n) is 10.2. The van der Waals surface area contributed by atoms with E-state index in [1.54, 1.807) is 6.92 Å². The van der Waals surface area contributed by atoms with Crippen molar-refractivity contribution in [1.29, 1.82) is 0 Å². The van der Waals surface area contributed by atoms with Crippen LogP contribution in [-0.2, 0) is 14.4 Å². The monoisotopic (exact) mass is 228 g/mol. The molecule has 0 aliphatic rings. The summed E-state index contributed by atoms with van der Waals surface area (Å²) in [5, 5.41) is 2.54. The summed E-state index contributed by atoms with van der Waals surface area (Å²) >= 11 is 0. The van der Waals surface area contributed by atoms with Gasteiger partial charge in [0.05, 0.1) is 12.5 Å². The Labute approximate surface area is 95.8 Å². The SMILES string of the molecule is CC(=O)C(CC(N)=O)NC(=O)C(C)C(C)C. The van der Waals surface area contributed by atoms with E-state index in [0.717, 1.165) is 0 Å². The number of ketones is 1. The van der Waals surface area contributed by atoms with Gasteiger partial charge in [-0.2, -0.15) is 0 Å². The molecule has 0 saturated carbocycles. The summed E-state index contributed by atoms with van der Waals surface area (Å²) in [5.41, 5.74) is 5.00. The zero-order chi connectivity index (χ0) is 12.9. The smallest absolute Gasteiger partial charge is 0.223 e. The molecule has 0 bridgehead atoms. The third-order valence-electron chi connectivity index (χ3n) is 2.63. The Kier molecular flexibility index (Phi) is 5.71. The summed E-state index contributed by atoms with van der Waals surface area (Å²) in [4.78, 5) is 33.6. The second-order valence-electron chi connectivity index (χ2n) is 4.37. The Hall–Kier alpha value is -1.39. The molecule has 0 aromatic heterocycles. The van der Waals surface area contributed by atoms with Crippen LogP contribution in [0.4, 0.5) is 0 Å². The van der Waals surface area contributed by atoms with Crippen molar-refractivity contribution in [3.8, 4) is 0 Å². The van der Waals surface area contributed by atoms with E-state index >= 15 is 0 Å². The minimum Gasteiger partial charge on any atom is -0.370 e. The molecule has 0 spiro atoms. The normalized spacial score (nSPS) is 14.3. The first-order valence-corrected chi connectivity index (χ1v) is 5.34. The van der Waals surface area contributed by atoms with Gasteiger partial charge in [0.15, 0.2) is 5.78 Å². The number of primary amides is 1. The molecular formula is C11H20N2O3. The molecule has 0 aromatic carbocycles. The lowest BCUT2D eigenvalue weighted by atomic mass is 9.96. The summed E-state index contributed by atoms with van der Waals surface area (Å²) in [6.07, 6.45) is -0.147. The van der Waals surface area contributed by atoms with Crippen LogP contribution in [0, 0.1) is 11.8 Å². The Bertz CT molecular complexity index is 287. The predicted octanol–water partition coefficient (Wildman–Crippen LogP) is 0.228. The molecule has 0 rings (SSSR count). The van der Waals surface area contributed by atoms with Gasteiger partial charge in [0, 0.05) is 5.92 Å². The van der Waals surface area contributed by atoms with E-state index in [2.05, 4.69) is 5.32 Å². The first-order chi connectivity index (χ1) is 7.25. The Morgan fingerprint density at radius 3 is 2.00 bits per heavy atom. The van der Waals surface area contributed by atoms with Gasteiger partial charge in [-0.1, -0.05) is 20.8 Å². The lowest BCUT2D eigenvalue weighted by Gasteiger charge is -2.19. The van der Waals surface area contributed by atoms with Crippen LogP contribution in [0.2, 0.25) is 0 Å². The van der Waals surface area contributed by atoms with Crippen molar-refractivity contribution in [2.45, 2.75) is 40.2 Å². The number of carbonyl (C=O) groups is 3. The topological polar surface area (TPSA) is 89.3 Å². The van der Waals surface area contributed by atoms with Gasteiger partial charge in [-0.15, -0.1) is 0 Å². The van der Waals surface area contributed by atoms with E-state index in [-0.39, 0.29) is 29.9 Å². The van der Waals surface area contributed by atoms with Crippen LogP contribution in [0.15, 0.2) is 0 Å². The van der Waals surface area contributed by atoms with Gasteiger partial charge in [0.25, 0.3) is 0 Å². The summed E-state index contributed by atoms with van der Waals surface area (Å²) in [6.45, 7) is 6.94. The van der Waals surface area contributed by atoms with Crippen LogP contribution in [0.3, 0.4) is 0 Å². The molecule has 0 radical (unpaired) electrons. The number of hydrogen-bond acceptors (Lipinski definition) is 3. The first kappa shape index (κ1) is 14.6. The summed E-state index contributed by atoms with van der Waals surface area (Å²) < 4.78 is 0. The van der Waals surface area contributed by atoms with E-state index < -0.39 is 11.9 Å². The summed E-state index contributed by atoms with van der Waals surface area (Å²) in [6, 6.07) is -0.800. The molecule has 3 N–H and O–H groups in total. The molecule has 0 aliphatic carbocycles. The highest BCUT2D eigenvalue weighted by atomic mass is 16.2. The van der Waals surface area contributed by atoms with Gasteiger partial charge in [0.1, 0.15) is 0 Å². The van der Waals surface area contributed by atoms with Gasteiger partial charge >= 0.3 is 0 Å². The van der Waals surface area contributed by atoms with Crippen molar-refractivity contribution in [3.63, 3.8) is 0 Å². The van der Waals surface area contributed by atoms with Crippen molar-refractivity contribution in [3.05, 3.63) is 0 Å². The number of amides is 2. The van der Waals surface area contributed by atoms with Gasteiger partial charge in [0.2, 0.25) is 11.8 Å². The van der Waals surface area contributed by atoms with Crippen LogP contribution in [0.25, 0.3) is 0 Å². The maximum Gasteiger partial charge on any atom is 0.223 e. The summed E-state index contributed by atoms with van der Waals surface area (Å²) in [7, 11) is 0. The molecule has 5 heteroatoms. The number of Topliss-reactive ketones (excluding diaryl/α,β-unsaturated/α-hetero) is 1. The lowest BCUT2D eigenvalue weighted by Crippen LogP contribution is -2.45. The predicted molar refractivity (Wildman–Crippen MR) is 60.4 cm³/mol. The molecule has 0 heterocycles. The number of nitrogens with two attached hydrogens (primary N) is 1. The number of carbonyl (C=O) groups excluding carboxylic acids is 3. The molecule has 0 saturated heterocycles. The molecule has 2 amide bonds. The highest BCUT2D eigenvalue weighted by Crippen LogP contribution is 2.10. The van der Waals surface area contributed by atoms with Gasteiger partial charge < -0.3 is 11.1 Å². The van der Waals surface area contributed by atoms with E-state index in [9.17, 15) is 14.4 Å². The zero-order valence-corrected chi connectivity index (χ0v) is 10.2. The number of rotatable bonds is 6. The molecule has 2 atom stereocenters. The molecule has 92 valence electrons. The third-order valence-corrected chi connectivity index (χ3v) is 2.63. The minimum atomic E-state index is -0.800. The molecule has 16 heavy (non-hydrogen) atoms. The second-order valence-corrected chi connectivity index (χ2v) is 4.37. The minimum absolute atomic E-state index is 0.147. The first-order valence-electron chi connectivity index (χ1n) is 5.34. The van der Waals surface area contributed by atoms with Crippen molar-refractivity contribution in [1.82, 2.24) is 5.32 Å². The maximum atomic E-state index is 11.7. The number of hydrogen-bond donors (Lipinski definition) is 2. The maximum absolute atomic E-state index is 11.7. The highest BCUT2D eigenvalue weighted by Gasteiger charge is 2.23. The fraction of sp³-hybridized carbons (Fsp3) is 0.727. The fourth-order valence-corrected chi connectivity index (χ4v) is 1.10. The Morgan fingerprint density at radius 2 is 1.69 bits per heavy atom. The second kappa shape index (κ2) is 6.25. The molecule has 5 nitrogen and oxygen atoms in total. The van der Waals surface area contributed by atoms with E-state index in [1.807, 2.05) is 13.8 Å². The van der Waals surface area contributed by atoms with Gasteiger partial charge in [-0.3, -0.25) is 14.4 Å². The summed E-state index contributed by atoms with van der Waals surface area (Å²) in [5.74, 6) is -1.10. The van der Waals surface area contributed by atoms with E-state index in [0.29, 0.717) is 0 Å². The van der Waals surface area contributed by atoms with Gasteiger partial charge in [-0.05, 0) is 12.8 Å². The number of nitrogens with one attached hydrogen (secondary N) is 1. The lowest BCUT2D eigenvalue weighted by molar-refractivity contribution is -0.131. The van der Waals surface area contributed by atoms with Crippen LogP contribution in [0.1, 0.15) is 34.1 Å². The van der Waals surface area contributed by atoms with Crippen molar-refractivity contribution >= 4 is 17.6 Å². The van der Waals surface area contributed by atoms with Crippen molar-refractivity contribution in [2.24, 2.45) is 17.6 Å². The van der Waals surface area contributed by atoms with Gasteiger partial charge in [-0.25, -0.2) is 0 Å². The van der Waals surface area contributed by atoms with Crippen LogP contribution >= 0.6 is 0 Å². The van der Waals surface area contributed by atoms with Crippen LogP contribution in [0.5, 0.6) is 0 Å². The largest absolute Gasteiger partial charge is 0.370 e. The van der Waals surface area contributed by atoms with Crippen molar-refractivity contribution < 1.29 is 14.4 Å². The average Bonchev–Trinajstić information content (AvgIpc) is 2.14. The molecule has 0 aliphatic heterocycles. The quantitative estimate of drug-likeness (QED) is 0.681. The van der Waals surface area contributed by atoms with Crippen LogP contribution < -0.4 is 11.1 Å². The highest BCUT2D eigenvalue weighted by molar-refractivity contribution is 5.92. The van der Waals surface area contributed by atoms with E-state index in [4.69, 9.17) is 5.73 Å². The third kappa shape index (κ3) is 4.91. The van der Waals surface area contributed by atoms with Crippen molar-refractivity contribution in [2.75, 3.05) is 0 Å². The molecular weight excluding hydrogens is 208 g/mol. The molecule has 2 unspecified atom stereocenters. The average molecular weight is 228 g/mol. The molecule has 0 fully saturated rings. The molecule has 0 aromatic rings. The van der Waals surface area contributed by atoms with Crippen LogP contribution in [-0.4, -0.2) is 23.6 Å². The fourth-order valence-electron chi connectivity index (χ4n) is 1.10. The standard InChI is InChI=1S/C11H20N2O3/c1-6(2)7(3)11(16)13-9(8(4)14)5-10(12)15/h6-7,9H,5H2,1-4H3,(H2,12,15)(H,13,16). The Balaban J connectivity index is 4.46. The van der Waals surface area contributed by atoms with E-state index in [1.165, 1.54) is 6.92 Å².